The van der Waals surface area contributed by atoms with Crippen molar-refractivity contribution in [1.82, 2.24) is 9.97 Å². The molecule has 0 aliphatic rings. The molecular weight excluding hydrogens is 174 g/mol. The smallest absolute Gasteiger partial charge is 0.134 e. The summed E-state index contributed by atoms with van der Waals surface area (Å²) in [5, 5.41) is 0. The summed E-state index contributed by atoms with van der Waals surface area (Å²) in [6, 6.07) is 0. The van der Waals surface area contributed by atoms with Crippen LogP contribution in [0.3, 0.4) is 0 Å². The standard InChI is InChI=1S/C11H19N3/c1-7-9(6-12)8(2)14-10(13-7)11(3,4)5/h6,12H2,1-5H3. The number of aryl methyl sites for hydroxylation is 2. The molecule has 0 saturated heterocycles. The van der Waals surface area contributed by atoms with Crippen LogP contribution in [-0.2, 0) is 12.0 Å². The second-order valence-electron chi connectivity index (χ2n) is 4.65. The first-order chi connectivity index (χ1) is 6.36. The van der Waals surface area contributed by atoms with Gasteiger partial charge in [-0.15, -0.1) is 0 Å². The van der Waals surface area contributed by atoms with Gasteiger partial charge in [0.25, 0.3) is 0 Å². The molecule has 3 heteroatoms. The average molecular weight is 193 g/mol. The Morgan fingerprint density at radius 1 is 1.07 bits per heavy atom. The Labute approximate surface area is 85.8 Å². The quantitative estimate of drug-likeness (QED) is 0.740. The zero-order valence-corrected chi connectivity index (χ0v) is 9.68. The highest BCUT2D eigenvalue weighted by molar-refractivity contribution is 5.25. The predicted molar refractivity (Wildman–Crippen MR) is 58.1 cm³/mol. The molecule has 0 unspecified atom stereocenters. The van der Waals surface area contributed by atoms with Crippen LogP contribution in [0.25, 0.3) is 0 Å². The number of hydrogen-bond donors (Lipinski definition) is 1. The van der Waals surface area contributed by atoms with Crippen LogP contribution in [0.2, 0.25) is 0 Å². The van der Waals surface area contributed by atoms with Gasteiger partial charge in [-0.3, -0.25) is 0 Å². The zero-order chi connectivity index (χ0) is 10.9. The van der Waals surface area contributed by atoms with Crippen molar-refractivity contribution in [3.8, 4) is 0 Å². The fourth-order valence-electron chi connectivity index (χ4n) is 1.37. The van der Waals surface area contributed by atoms with Gasteiger partial charge in [-0.05, 0) is 13.8 Å². The number of hydrogen-bond acceptors (Lipinski definition) is 3. The predicted octanol–water partition coefficient (Wildman–Crippen LogP) is 1.85. The summed E-state index contributed by atoms with van der Waals surface area (Å²) < 4.78 is 0. The molecule has 1 aromatic heterocycles. The van der Waals surface area contributed by atoms with Gasteiger partial charge in [0.2, 0.25) is 0 Å². The number of nitrogens with two attached hydrogens (primary N) is 1. The second kappa shape index (κ2) is 3.65. The Kier molecular flexibility index (Phi) is 2.90. The molecule has 0 radical (unpaired) electrons. The molecule has 1 heterocycles. The van der Waals surface area contributed by atoms with Gasteiger partial charge in [-0.25, -0.2) is 9.97 Å². The monoisotopic (exact) mass is 193 g/mol. The Hall–Kier alpha value is -0.960. The lowest BCUT2D eigenvalue weighted by Crippen LogP contribution is -2.19. The van der Waals surface area contributed by atoms with E-state index >= 15 is 0 Å². The summed E-state index contributed by atoms with van der Waals surface area (Å²) in [6.07, 6.45) is 0. The van der Waals surface area contributed by atoms with Crippen LogP contribution in [0, 0.1) is 13.8 Å². The number of nitrogens with zero attached hydrogens (tertiary/aromatic N) is 2. The Balaban J connectivity index is 3.28. The first kappa shape index (κ1) is 11.1. The number of rotatable bonds is 1. The molecule has 0 aromatic carbocycles. The molecule has 0 aliphatic heterocycles. The SMILES string of the molecule is Cc1nc(C(C)(C)C)nc(C)c1CN. The summed E-state index contributed by atoms with van der Waals surface area (Å²) in [6.45, 7) is 10.8. The van der Waals surface area contributed by atoms with Gasteiger partial charge in [0.1, 0.15) is 5.82 Å². The lowest BCUT2D eigenvalue weighted by atomic mass is 9.95. The van der Waals surface area contributed by atoms with Crippen LogP contribution in [0.1, 0.15) is 43.5 Å². The molecule has 0 aliphatic carbocycles. The van der Waals surface area contributed by atoms with Crippen LogP contribution in [0.15, 0.2) is 0 Å². The average Bonchev–Trinajstić information content (AvgIpc) is 2.01. The van der Waals surface area contributed by atoms with E-state index in [2.05, 4.69) is 30.7 Å². The van der Waals surface area contributed by atoms with Crippen LogP contribution in [0.4, 0.5) is 0 Å². The van der Waals surface area contributed by atoms with E-state index in [1.165, 1.54) is 0 Å². The zero-order valence-electron chi connectivity index (χ0n) is 9.68. The Bertz CT molecular complexity index is 314. The van der Waals surface area contributed by atoms with E-state index in [1.807, 2.05) is 13.8 Å². The van der Waals surface area contributed by atoms with Crippen molar-refractivity contribution in [2.24, 2.45) is 5.73 Å². The number of aromatic nitrogens is 2. The summed E-state index contributed by atoms with van der Waals surface area (Å²) in [7, 11) is 0. The summed E-state index contributed by atoms with van der Waals surface area (Å²) in [5.74, 6) is 0.893. The molecule has 0 bridgehead atoms. The minimum atomic E-state index is 0.00263. The van der Waals surface area contributed by atoms with Crippen molar-refractivity contribution in [3.63, 3.8) is 0 Å². The minimum absolute atomic E-state index is 0.00263. The van der Waals surface area contributed by atoms with Gasteiger partial charge >= 0.3 is 0 Å². The molecule has 1 rings (SSSR count). The van der Waals surface area contributed by atoms with E-state index < -0.39 is 0 Å². The summed E-state index contributed by atoms with van der Waals surface area (Å²) in [5.41, 5.74) is 8.71. The van der Waals surface area contributed by atoms with E-state index in [4.69, 9.17) is 5.73 Å². The fourth-order valence-corrected chi connectivity index (χ4v) is 1.37. The van der Waals surface area contributed by atoms with Crippen LogP contribution >= 0.6 is 0 Å². The van der Waals surface area contributed by atoms with Crippen molar-refractivity contribution < 1.29 is 0 Å². The minimum Gasteiger partial charge on any atom is -0.326 e. The van der Waals surface area contributed by atoms with Crippen molar-refractivity contribution in [3.05, 3.63) is 22.8 Å². The molecule has 0 fully saturated rings. The van der Waals surface area contributed by atoms with E-state index in [9.17, 15) is 0 Å². The van der Waals surface area contributed by atoms with Crippen molar-refractivity contribution >= 4 is 0 Å². The van der Waals surface area contributed by atoms with E-state index in [-0.39, 0.29) is 5.41 Å². The van der Waals surface area contributed by atoms with Crippen molar-refractivity contribution in [2.45, 2.75) is 46.6 Å². The van der Waals surface area contributed by atoms with Crippen LogP contribution in [0.5, 0.6) is 0 Å². The topological polar surface area (TPSA) is 51.8 Å². The molecule has 0 amide bonds. The maximum absolute atomic E-state index is 5.63. The lowest BCUT2D eigenvalue weighted by Gasteiger charge is -2.19. The van der Waals surface area contributed by atoms with Gasteiger partial charge < -0.3 is 5.73 Å². The fraction of sp³-hybridized carbons (Fsp3) is 0.636. The highest BCUT2D eigenvalue weighted by Crippen LogP contribution is 2.20. The normalized spacial score (nSPS) is 11.9. The summed E-state index contributed by atoms with van der Waals surface area (Å²) >= 11 is 0. The maximum atomic E-state index is 5.63. The molecule has 2 N–H and O–H groups in total. The molecular formula is C11H19N3. The van der Waals surface area contributed by atoms with E-state index in [0.717, 1.165) is 22.8 Å². The molecule has 3 nitrogen and oxygen atoms in total. The third kappa shape index (κ3) is 2.10. The third-order valence-electron chi connectivity index (χ3n) is 2.30. The van der Waals surface area contributed by atoms with Crippen molar-refractivity contribution in [2.75, 3.05) is 0 Å². The molecule has 0 atom stereocenters. The Morgan fingerprint density at radius 3 is 1.79 bits per heavy atom. The summed E-state index contributed by atoms with van der Waals surface area (Å²) in [4.78, 5) is 8.97. The molecule has 0 saturated carbocycles. The second-order valence-corrected chi connectivity index (χ2v) is 4.65. The van der Waals surface area contributed by atoms with E-state index in [0.29, 0.717) is 6.54 Å². The van der Waals surface area contributed by atoms with Crippen LogP contribution in [-0.4, -0.2) is 9.97 Å². The van der Waals surface area contributed by atoms with Gasteiger partial charge in [0, 0.05) is 28.9 Å². The first-order valence-corrected chi connectivity index (χ1v) is 4.91. The highest BCUT2D eigenvalue weighted by Gasteiger charge is 2.19. The van der Waals surface area contributed by atoms with Crippen molar-refractivity contribution in [1.29, 1.82) is 0 Å². The molecule has 78 valence electrons. The lowest BCUT2D eigenvalue weighted by molar-refractivity contribution is 0.539. The maximum Gasteiger partial charge on any atom is 0.134 e. The molecule has 14 heavy (non-hydrogen) atoms. The van der Waals surface area contributed by atoms with Gasteiger partial charge in [0.15, 0.2) is 0 Å². The largest absolute Gasteiger partial charge is 0.326 e. The highest BCUT2D eigenvalue weighted by atomic mass is 14.9. The third-order valence-corrected chi connectivity index (χ3v) is 2.30. The van der Waals surface area contributed by atoms with Crippen LogP contribution < -0.4 is 5.73 Å². The van der Waals surface area contributed by atoms with Gasteiger partial charge in [-0.2, -0.15) is 0 Å². The first-order valence-electron chi connectivity index (χ1n) is 4.91. The van der Waals surface area contributed by atoms with Gasteiger partial charge in [0.05, 0.1) is 0 Å². The van der Waals surface area contributed by atoms with E-state index in [1.54, 1.807) is 0 Å². The molecule has 0 spiro atoms. The Morgan fingerprint density at radius 2 is 1.50 bits per heavy atom. The van der Waals surface area contributed by atoms with Gasteiger partial charge in [-0.1, -0.05) is 20.8 Å². The molecule has 1 aromatic rings.